The third-order valence-corrected chi connectivity index (χ3v) is 6.60. The summed E-state index contributed by atoms with van der Waals surface area (Å²) in [6.07, 6.45) is -3.26. The Morgan fingerprint density at radius 1 is 1.10 bits per heavy atom. The number of pyridine rings is 1. The van der Waals surface area contributed by atoms with Crippen LogP contribution < -0.4 is 11.1 Å². The molecule has 1 fully saturated rings. The molecule has 0 unspecified atom stereocenters. The van der Waals surface area contributed by atoms with Crippen LogP contribution in [0.15, 0.2) is 48.7 Å². The Morgan fingerprint density at radius 3 is 2.51 bits per heavy atom. The molecule has 2 aromatic carbocycles. The first kappa shape index (κ1) is 27.9. The number of nitrogens with zero attached hydrogens (tertiary/aromatic N) is 4. The van der Waals surface area contributed by atoms with E-state index < -0.39 is 17.6 Å². The molecule has 4 rings (SSSR count). The number of aromatic nitrogens is 1. The van der Waals surface area contributed by atoms with E-state index in [4.69, 9.17) is 22.6 Å². The second kappa shape index (κ2) is 11.7. The number of piperazine rings is 1. The predicted octanol–water partition coefficient (Wildman–Crippen LogP) is 4.61. The number of anilines is 2. The molecule has 1 saturated heterocycles. The average molecular weight is 553 g/mol. The molecule has 3 N–H and O–H groups in total. The number of carbonyl (C=O) groups excluding carboxylic acids is 1. The molecular formula is C28H24ClF3N6O. The van der Waals surface area contributed by atoms with Crippen LogP contribution in [0.2, 0.25) is 5.02 Å². The number of nitriles is 1. The molecule has 11 heteroatoms. The number of hydrogen-bond acceptors (Lipinski definition) is 6. The van der Waals surface area contributed by atoms with Crippen molar-refractivity contribution in [3.8, 4) is 17.9 Å². The van der Waals surface area contributed by atoms with Gasteiger partial charge >= 0.3 is 6.18 Å². The summed E-state index contributed by atoms with van der Waals surface area (Å²) in [5.74, 6) is 5.11. The van der Waals surface area contributed by atoms with Crippen molar-refractivity contribution in [1.29, 1.82) is 5.26 Å². The van der Waals surface area contributed by atoms with E-state index in [2.05, 4.69) is 27.0 Å². The van der Waals surface area contributed by atoms with Crippen LogP contribution in [-0.4, -0.2) is 53.9 Å². The van der Waals surface area contributed by atoms with Gasteiger partial charge in [-0.25, -0.2) is 4.98 Å². The number of likely N-dealkylation sites (N-methyl/N-ethyl adjacent to an activating group) is 1. The van der Waals surface area contributed by atoms with Crippen molar-refractivity contribution in [3.05, 3.63) is 87.1 Å². The molecule has 0 bridgehead atoms. The lowest BCUT2D eigenvalue weighted by Gasteiger charge is -2.33. The van der Waals surface area contributed by atoms with E-state index >= 15 is 0 Å². The Bertz CT molecular complexity index is 1500. The second-order valence-electron chi connectivity index (χ2n) is 9.12. The zero-order valence-corrected chi connectivity index (χ0v) is 21.7. The van der Waals surface area contributed by atoms with Gasteiger partial charge in [0.15, 0.2) is 0 Å². The molecule has 0 aliphatic carbocycles. The smallest absolute Gasteiger partial charge is 0.383 e. The van der Waals surface area contributed by atoms with Crippen molar-refractivity contribution in [2.75, 3.05) is 44.3 Å². The second-order valence-corrected chi connectivity index (χ2v) is 9.52. The van der Waals surface area contributed by atoms with Gasteiger partial charge in [-0.15, -0.1) is 0 Å². The quantitative estimate of drug-likeness (QED) is 0.459. The van der Waals surface area contributed by atoms with Crippen LogP contribution in [0.1, 0.15) is 38.2 Å². The summed E-state index contributed by atoms with van der Waals surface area (Å²) in [5, 5.41) is 11.8. The van der Waals surface area contributed by atoms with Crippen LogP contribution in [0.4, 0.5) is 24.7 Å². The van der Waals surface area contributed by atoms with Crippen LogP contribution in [0.5, 0.6) is 0 Å². The van der Waals surface area contributed by atoms with Gasteiger partial charge in [-0.1, -0.05) is 29.5 Å². The molecule has 39 heavy (non-hydrogen) atoms. The molecule has 0 atom stereocenters. The minimum Gasteiger partial charge on any atom is -0.383 e. The fourth-order valence-electron chi connectivity index (χ4n) is 4.04. The van der Waals surface area contributed by atoms with Gasteiger partial charge in [0.25, 0.3) is 5.91 Å². The van der Waals surface area contributed by atoms with Crippen molar-refractivity contribution < 1.29 is 18.0 Å². The van der Waals surface area contributed by atoms with Crippen LogP contribution in [0, 0.1) is 23.2 Å². The molecule has 0 saturated carbocycles. The SMILES string of the molecule is CN1CCN(Cc2ccc(NC(=O)c3ccc(Cl)c(C#Cc4cc(C#N)cnc4N)c3)cc2C(F)(F)F)CC1. The first-order valence-corrected chi connectivity index (χ1v) is 12.3. The lowest BCUT2D eigenvalue weighted by molar-refractivity contribution is -0.138. The molecule has 3 aromatic rings. The monoisotopic (exact) mass is 552 g/mol. The van der Waals surface area contributed by atoms with E-state index in [1.807, 2.05) is 18.0 Å². The molecule has 7 nitrogen and oxygen atoms in total. The number of carbonyl (C=O) groups is 1. The minimum absolute atomic E-state index is 0.0178. The fourth-order valence-corrected chi connectivity index (χ4v) is 4.20. The van der Waals surface area contributed by atoms with Crippen LogP contribution >= 0.6 is 11.6 Å². The van der Waals surface area contributed by atoms with Gasteiger partial charge in [-0.2, -0.15) is 18.4 Å². The van der Waals surface area contributed by atoms with Crippen molar-refractivity contribution in [2.45, 2.75) is 12.7 Å². The maximum absolute atomic E-state index is 13.9. The molecule has 0 spiro atoms. The van der Waals surface area contributed by atoms with Crippen molar-refractivity contribution in [2.24, 2.45) is 0 Å². The molecule has 1 amide bonds. The third-order valence-electron chi connectivity index (χ3n) is 6.27. The summed E-state index contributed by atoms with van der Waals surface area (Å²) in [5.41, 5.74) is 6.24. The Morgan fingerprint density at radius 2 is 1.82 bits per heavy atom. The van der Waals surface area contributed by atoms with Gasteiger partial charge in [0.1, 0.15) is 11.9 Å². The molecule has 1 aliphatic heterocycles. The van der Waals surface area contributed by atoms with Crippen LogP contribution in [0.25, 0.3) is 0 Å². The summed E-state index contributed by atoms with van der Waals surface area (Å²) in [7, 11) is 1.98. The Hall–Kier alpha value is -4.09. The van der Waals surface area contributed by atoms with Crippen molar-refractivity contribution in [3.63, 3.8) is 0 Å². The fraction of sp³-hybridized carbons (Fsp3) is 0.250. The summed E-state index contributed by atoms with van der Waals surface area (Å²) in [6, 6.07) is 11.6. The highest BCUT2D eigenvalue weighted by molar-refractivity contribution is 6.32. The number of nitrogens with one attached hydrogen (secondary N) is 1. The maximum atomic E-state index is 13.9. The average Bonchev–Trinajstić information content (AvgIpc) is 2.90. The largest absolute Gasteiger partial charge is 0.416 e. The van der Waals surface area contributed by atoms with E-state index in [0.29, 0.717) is 24.2 Å². The van der Waals surface area contributed by atoms with E-state index in [0.717, 1.165) is 19.2 Å². The normalized spacial score (nSPS) is 14.3. The lowest BCUT2D eigenvalue weighted by atomic mass is 10.0. The van der Waals surface area contributed by atoms with Gasteiger partial charge in [-0.3, -0.25) is 9.69 Å². The first-order chi connectivity index (χ1) is 18.5. The Labute approximate surface area is 229 Å². The molecule has 2 heterocycles. The predicted molar refractivity (Wildman–Crippen MR) is 143 cm³/mol. The summed E-state index contributed by atoms with van der Waals surface area (Å²) >= 11 is 6.24. The first-order valence-electron chi connectivity index (χ1n) is 11.9. The highest BCUT2D eigenvalue weighted by Crippen LogP contribution is 2.35. The summed E-state index contributed by atoms with van der Waals surface area (Å²) in [4.78, 5) is 21.0. The van der Waals surface area contributed by atoms with Crippen LogP contribution in [-0.2, 0) is 12.7 Å². The summed E-state index contributed by atoms with van der Waals surface area (Å²) < 4.78 is 41.7. The molecule has 0 radical (unpaired) electrons. The highest BCUT2D eigenvalue weighted by Gasteiger charge is 2.34. The molecule has 200 valence electrons. The third kappa shape index (κ3) is 7.06. The van der Waals surface area contributed by atoms with Gasteiger partial charge in [0.05, 0.1) is 21.7 Å². The highest BCUT2D eigenvalue weighted by atomic mass is 35.5. The van der Waals surface area contributed by atoms with E-state index in [-0.39, 0.29) is 39.8 Å². The Balaban J connectivity index is 1.55. The van der Waals surface area contributed by atoms with Gasteiger partial charge in [0.2, 0.25) is 0 Å². The number of rotatable bonds is 4. The number of benzene rings is 2. The number of hydrogen-bond donors (Lipinski definition) is 2. The number of alkyl halides is 3. The standard InChI is InChI=1S/C28H24ClF3N6O/c1-37-8-10-38(11-9-37)17-22-4-6-23(14-24(22)28(30,31)32)36-27(39)21-5-7-25(29)19(13-21)2-3-20-12-18(15-33)16-35-26(20)34/h4-7,12-14,16H,8-11,17H2,1H3,(H2,34,35)(H,36,39). The zero-order chi connectivity index (χ0) is 28.2. The van der Waals surface area contributed by atoms with E-state index in [1.54, 1.807) is 0 Å². The molecule has 1 aromatic heterocycles. The van der Waals surface area contributed by atoms with Crippen molar-refractivity contribution in [1.82, 2.24) is 14.8 Å². The van der Waals surface area contributed by atoms with Gasteiger partial charge in [-0.05, 0) is 49.0 Å². The van der Waals surface area contributed by atoms with E-state index in [9.17, 15) is 18.0 Å². The number of amides is 1. The Kier molecular flexibility index (Phi) is 8.41. The van der Waals surface area contributed by atoms with Gasteiger partial charge in [0, 0.05) is 55.7 Å². The maximum Gasteiger partial charge on any atom is 0.416 e. The minimum atomic E-state index is -4.58. The molecular weight excluding hydrogens is 529 g/mol. The topological polar surface area (TPSA) is 98.3 Å². The number of nitrogen functional groups attached to an aromatic ring is 1. The van der Waals surface area contributed by atoms with Gasteiger partial charge < -0.3 is 16.0 Å². The molecule has 1 aliphatic rings. The van der Waals surface area contributed by atoms with Crippen molar-refractivity contribution >= 4 is 29.0 Å². The summed E-state index contributed by atoms with van der Waals surface area (Å²) in [6.45, 7) is 3.12. The van der Waals surface area contributed by atoms with E-state index in [1.165, 1.54) is 42.6 Å². The zero-order valence-electron chi connectivity index (χ0n) is 20.9. The number of halogens is 4. The van der Waals surface area contributed by atoms with Crippen LogP contribution in [0.3, 0.4) is 0 Å². The lowest BCUT2D eigenvalue weighted by Crippen LogP contribution is -2.44. The number of nitrogens with two attached hydrogens (primary N) is 1.